The molecule has 1 aromatic rings. The first-order valence-corrected chi connectivity index (χ1v) is 8.36. The minimum absolute atomic E-state index is 0.0812. The molecule has 0 aromatic carbocycles. The maximum Gasteiger partial charge on any atom is 0.251 e. The molecule has 23 heavy (non-hydrogen) atoms. The largest absolute Gasteiger partial charge is 0.365 e. The van der Waals surface area contributed by atoms with Crippen molar-refractivity contribution >= 4 is 34.1 Å². The summed E-state index contributed by atoms with van der Waals surface area (Å²) in [6.07, 6.45) is 5.39. The first kappa shape index (κ1) is 17.2. The monoisotopic (exact) mass is 335 g/mol. The number of thiophene rings is 1. The van der Waals surface area contributed by atoms with Crippen molar-refractivity contribution in [2.24, 2.45) is 5.73 Å². The van der Waals surface area contributed by atoms with Crippen LogP contribution in [0.2, 0.25) is 0 Å². The van der Waals surface area contributed by atoms with Gasteiger partial charge in [0.1, 0.15) is 11.5 Å². The Balaban J connectivity index is 2.17. The first-order chi connectivity index (χ1) is 10.9. The Hall–Kier alpha value is -2.15. The second kappa shape index (κ2) is 7.41. The predicted octanol–water partition coefficient (Wildman–Crippen LogP) is 1.70. The molecule has 0 bridgehead atoms. The fourth-order valence-electron chi connectivity index (χ4n) is 2.71. The lowest BCUT2D eigenvalue weighted by molar-refractivity contribution is -0.132. The van der Waals surface area contributed by atoms with Crippen LogP contribution in [0.4, 0.5) is 5.00 Å². The standard InChI is InChI=1S/C16H21N3O3S/c1-3-8-19(10(2)20)9-13(21)18-16-14(15(17)22)11-6-4-5-7-12(11)23-16/h3H,1,4-9H2,2H3,(H2,17,22)(H,18,21). The molecule has 0 radical (unpaired) electrons. The van der Waals surface area contributed by atoms with Crippen molar-refractivity contribution in [3.8, 4) is 0 Å². The van der Waals surface area contributed by atoms with Crippen LogP contribution < -0.4 is 11.1 Å². The number of anilines is 1. The lowest BCUT2D eigenvalue weighted by atomic mass is 9.95. The van der Waals surface area contributed by atoms with Gasteiger partial charge in [-0.15, -0.1) is 17.9 Å². The second-order valence-electron chi connectivity index (χ2n) is 5.52. The molecule has 1 aliphatic carbocycles. The van der Waals surface area contributed by atoms with Gasteiger partial charge >= 0.3 is 0 Å². The molecule has 0 atom stereocenters. The molecular weight excluding hydrogens is 314 g/mol. The van der Waals surface area contributed by atoms with Gasteiger partial charge in [0.15, 0.2) is 0 Å². The Kier molecular flexibility index (Phi) is 5.54. The van der Waals surface area contributed by atoms with E-state index in [1.54, 1.807) is 6.08 Å². The number of primary amides is 1. The third-order valence-electron chi connectivity index (χ3n) is 3.80. The van der Waals surface area contributed by atoms with Crippen LogP contribution in [0.25, 0.3) is 0 Å². The van der Waals surface area contributed by atoms with E-state index in [-0.39, 0.29) is 18.4 Å². The average molecular weight is 335 g/mol. The van der Waals surface area contributed by atoms with Crippen molar-refractivity contribution < 1.29 is 14.4 Å². The summed E-state index contributed by atoms with van der Waals surface area (Å²) in [5, 5.41) is 3.24. The van der Waals surface area contributed by atoms with Crippen LogP contribution in [0.1, 0.15) is 40.6 Å². The number of nitrogens with zero attached hydrogens (tertiary/aromatic N) is 1. The number of nitrogens with one attached hydrogen (secondary N) is 1. The Morgan fingerprint density at radius 1 is 1.35 bits per heavy atom. The van der Waals surface area contributed by atoms with Gasteiger partial charge in [0.2, 0.25) is 11.8 Å². The number of carbonyl (C=O) groups is 3. The zero-order chi connectivity index (χ0) is 17.0. The van der Waals surface area contributed by atoms with E-state index in [1.807, 2.05) is 0 Å². The minimum atomic E-state index is -0.519. The summed E-state index contributed by atoms with van der Waals surface area (Å²) in [5.74, 6) is -1.07. The quantitative estimate of drug-likeness (QED) is 0.775. The van der Waals surface area contributed by atoms with Crippen LogP contribution in [-0.2, 0) is 22.4 Å². The number of hydrogen-bond acceptors (Lipinski definition) is 4. The fourth-order valence-corrected chi connectivity index (χ4v) is 4.03. The smallest absolute Gasteiger partial charge is 0.251 e. The highest BCUT2D eigenvalue weighted by atomic mass is 32.1. The van der Waals surface area contributed by atoms with Crippen LogP contribution in [-0.4, -0.2) is 35.7 Å². The number of hydrogen-bond donors (Lipinski definition) is 2. The van der Waals surface area contributed by atoms with Gasteiger partial charge < -0.3 is 16.0 Å². The highest BCUT2D eigenvalue weighted by Gasteiger charge is 2.25. The highest BCUT2D eigenvalue weighted by Crippen LogP contribution is 2.37. The Labute approximate surface area is 139 Å². The van der Waals surface area contributed by atoms with Crippen LogP contribution in [0.3, 0.4) is 0 Å². The van der Waals surface area contributed by atoms with Crippen molar-refractivity contribution in [1.82, 2.24) is 4.90 Å². The summed E-state index contributed by atoms with van der Waals surface area (Å²) in [6, 6.07) is 0. The van der Waals surface area contributed by atoms with E-state index in [0.29, 0.717) is 17.1 Å². The third-order valence-corrected chi connectivity index (χ3v) is 5.01. The van der Waals surface area contributed by atoms with Crippen molar-refractivity contribution in [1.29, 1.82) is 0 Å². The van der Waals surface area contributed by atoms with Gasteiger partial charge in [-0.05, 0) is 31.2 Å². The van der Waals surface area contributed by atoms with E-state index in [2.05, 4.69) is 11.9 Å². The molecule has 6 nitrogen and oxygen atoms in total. The van der Waals surface area contributed by atoms with Gasteiger partial charge in [-0.2, -0.15) is 0 Å². The van der Waals surface area contributed by atoms with Gasteiger partial charge in [0.05, 0.1) is 5.56 Å². The molecule has 0 unspecified atom stereocenters. The zero-order valence-electron chi connectivity index (χ0n) is 13.2. The maximum atomic E-state index is 12.2. The highest BCUT2D eigenvalue weighted by molar-refractivity contribution is 7.17. The molecular formula is C16H21N3O3S. The van der Waals surface area contributed by atoms with E-state index in [1.165, 1.54) is 23.2 Å². The normalized spacial score (nSPS) is 13.1. The van der Waals surface area contributed by atoms with E-state index >= 15 is 0 Å². The Morgan fingerprint density at radius 3 is 2.65 bits per heavy atom. The molecule has 0 aliphatic heterocycles. The summed E-state index contributed by atoms with van der Waals surface area (Å²) in [6.45, 7) is 5.19. The van der Waals surface area contributed by atoms with Crippen LogP contribution in [0.15, 0.2) is 12.7 Å². The third kappa shape index (κ3) is 3.98. The van der Waals surface area contributed by atoms with Crippen LogP contribution in [0, 0.1) is 0 Å². The molecule has 0 fully saturated rings. The molecule has 7 heteroatoms. The van der Waals surface area contributed by atoms with Crippen molar-refractivity contribution in [3.05, 3.63) is 28.7 Å². The van der Waals surface area contributed by atoms with Gasteiger partial charge in [-0.25, -0.2) is 0 Å². The predicted molar refractivity (Wildman–Crippen MR) is 90.6 cm³/mol. The summed E-state index contributed by atoms with van der Waals surface area (Å²) < 4.78 is 0. The van der Waals surface area contributed by atoms with Gasteiger partial charge in [0.25, 0.3) is 5.91 Å². The fraction of sp³-hybridized carbons (Fsp3) is 0.438. The number of amides is 3. The van der Waals surface area contributed by atoms with Crippen LogP contribution >= 0.6 is 11.3 Å². The van der Waals surface area contributed by atoms with E-state index in [9.17, 15) is 14.4 Å². The number of carbonyl (C=O) groups excluding carboxylic acids is 3. The zero-order valence-corrected chi connectivity index (χ0v) is 14.0. The average Bonchev–Trinajstić information content (AvgIpc) is 2.84. The summed E-state index contributed by atoms with van der Waals surface area (Å²) in [4.78, 5) is 38.0. The van der Waals surface area contributed by atoms with E-state index in [0.717, 1.165) is 36.1 Å². The Morgan fingerprint density at radius 2 is 2.04 bits per heavy atom. The summed E-state index contributed by atoms with van der Waals surface area (Å²) in [7, 11) is 0. The molecule has 3 amide bonds. The van der Waals surface area contributed by atoms with Crippen molar-refractivity contribution in [2.45, 2.75) is 32.6 Å². The molecule has 124 valence electrons. The summed E-state index contributed by atoms with van der Waals surface area (Å²) >= 11 is 1.41. The van der Waals surface area contributed by atoms with Gasteiger partial charge in [-0.3, -0.25) is 14.4 Å². The van der Waals surface area contributed by atoms with Crippen molar-refractivity contribution in [2.75, 3.05) is 18.4 Å². The molecule has 1 aromatic heterocycles. The topological polar surface area (TPSA) is 92.5 Å². The van der Waals surface area contributed by atoms with Crippen molar-refractivity contribution in [3.63, 3.8) is 0 Å². The lowest BCUT2D eigenvalue weighted by Crippen LogP contribution is -2.36. The molecule has 0 saturated carbocycles. The Bertz CT molecular complexity index is 651. The van der Waals surface area contributed by atoms with E-state index in [4.69, 9.17) is 5.73 Å². The maximum absolute atomic E-state index is 12.2. The number of nitrogens with two attached hydrogens (primary N) is 1. The SMILES string of the molecule is C=CCN(CC(=O)Nc1sc2c(c1C(N)=O)CCCC2)C(C)=O. The number of fused-ring (bicyclic) bond motifs is 1. The first-order valence-electron chi connectivity index (χ1n) is 7.54. The van der Waals surface area contributed by atoms with Gasteiger partial charge in [-0.1, -0.05) is 6.08 Å². The second-order valence-corrected chi connectivity index (χ2v) is 6.62. The van der Waals surface area contributed by atoms with Gasteiger partial charge in [0, 0.05) is 18.3 Å². The number of aryl methyl sites for hydroxylation is 1. The molecule has 1 aliphatic rings. The lowest BCUT2D eigenvalue weighted by Gasteiger charge is -2.18. The minimum Gasteiger partial charge on any atom is -0.365 e. The van der Waals surface area contributed by atoms with E-state index < -0.39 is 5.91 Å². The molecule has 0 saturated heterocycles. The molecule has 1 heterocycles. The van der Waals surface area contributed by atoms with Crippen LogP contribution in [0.5, 0.6) is 0 Å². The number of rotatable bonds is 6. The molecule has 3 N–H and O–H groups in total. The molecule has 0 spiro atoms. The summed E-state index contributed by atoms with van der Waals surface area (Å²) in [5.41, 5.74) is 6.89. The molecule has 2 rings (SSSR count).